The van der Waals surface area contributed by atoms with Gasteiger partial charge in [0.2, 0.25) is 5.43 Å². The van der Waals surface area contributed by atoms with Crippen LogP contribution in [0.2, 0.25) is 0 Å². The third-order valence-electron chi connectivity index (χ3n) is 5.27. The van der Waals surface area contributed by atoms with Crippen LogP contribution in [-0.2, 0) is 4.74 Å². The van der Waals surface area contributed by atoms with Gasteiger partial charge in [-0.15, -0.1) is 0 Å². The average molecular weight is 390 g/mol. The van der Waals surface area contributed by atoms with Gasteiger partial charge in [-0.2, -0.15) is 0 Å². The summed E-state index contributed by atoms with van der Waals surface area (Å²) in [7, 11) is 0. The molecule has 150 valence electrons. The van der Waals surface area contributed by atoms with Crippen molar-refractivity contribution in [3.63, 3.8) is 0 Å². The molecule has 2 aliphatic rings. The zero-order valence-electron chi connectivity index (χ0n) is 15.9. The molecule has 0 saturated carbocycles. The Balaban J connectivity index is 1.95. The van der Waals surface area contributed by atoms with E-state index in [-0.39, 0.29) is 23.6 Å². The van der Waals surface area contributed by atoms with Gasteiger partial charge in [-0.05, 0) is 19.9 Å². The first-order chi connectivity index (χ1) is 13.4. The van der Waals surface area contributed by atoms with E-state index in [1.165, 1.54) is 12.3 Å². The topological polar surface area (TPSA) is 90.0 Å². The van der Waals surface area contributed by atoms with Crippen molar-refractivity contribution >= 4 is 22.6 Å². The summed E-state index contributed by atoms with van der Waals surface area (Å²) in [6.07, 6.45) is 1.50. The van der Waals surface area contributed by atoms with Crippen LogP contribution in [0.1, 0.15) is 30.2 Å². The summed E-state index contributed by atoms with van der Waals surface area (Å²) >= 11 is 0. The molecular weight excluding hydrogens is 367 g/mol. The van der Waals surface area contributed by atoms with Gasteiger partial charge in [-0.3, -0.25) is 10.6 Å². The molecule has 0 spiro atoms. The van der Waals surface area contributed by atoms with Crippen molar-refractivity contribution in [2.75, 3.05) is 44.3 Å². The number of aromatic nitrogens is 1. The van der Waals surface area contributed by atoms with Gasteiger partial charge in [-0.25, -0.2) is 14.2 Å². The molecule has 0 radical (unpaired) electrons. The van der Waals surface area contributed by atoms with Gasteiger partial charge in [0.05, 0.1) is 23.6 Å². The quantitative estimate of drug-likeness (QED) is 0.623. The number of nitrogens with two attached hydrogens (primary N) is 1. The SMILES string of the molecule is CCOC(=O)c1cn2c3c(c(N4CCN(N)CC4)c(F)cc3c1=O)OC[C@@H]2C. The van der Waals surface area contributed by atoms with Crippen molar-refractivity contribution < 1.29 is 18.7 Å². The fourth-order valence-electron chi connectivity index (χ4n) is 3.81. The number of pyridine rings is 1. The smallest absolute Gasteiger partial charge is 0.343 e. The highest BCUT2D eigenvalue weighted by Gasteiger charge is 2.31. The van der Waals surface area contributed by atoms with Gasteiger partial charge in [0, 0.05) is 32.4 Å². The molecule has 1 atom stereocenters. The third-order valence-corrected chi connectivity index (χ3v) is 5.27. The van der Waals surface area contributed by atoms with Crippen molar-refractivity contribution in [2.45, 2.75) is 19.9 Å². The molecule has 28 heavy (non-hydrogen) atoms. The summed E-state index contributed by atoms with van der Waals surface area (Å²) in [4.78, 5) is 27.0. The van der Waals surface area contributed by atoms with Crippen LogP contribution >= 0.6 is 0 Å². The van der Waals surface area contributed by atoms with E-state index >= 15 is 4.39 Å². The number of carbonyl (C=O) groups is 1. The number of hydrazine groups is 1. The molecule has 1 aromatic carbocycles. The highest BCUT2D eigenvalue weighted by atomic mass is 19.1. The molecule has 0 aliphatic carbocycles. The third kappa shape index (κ3) is 2.91. The number of benzene rings is 1. The normalized spacial score (nSPS) is 19.6. The van der Waals surface area contributed by atoms with E-state index in [1.807, 2.05) is 16.4 Å². The van der Waals surface area contributed by atoms with Gasteiger partial charge >= 0.3 is 5.97 Å². The number of halogens is 1. The fraction of sp³-hybridized carbons (Fsp3) is 0.474. The van der Waals surface area contributed by atoms with Crippen LogP contribution in [0.25, 0.3) is 10.9 Å². The summed E-state index contributed by atoms with van der Waals surface area (Å²) in [5.74, 6) is 4.89. The molecule has 0 unspecified atom stereocenters. The Morgan fingerprint density at radius 2 is 2.07 bits per heavy atom. The first-order valence-corrected chi connectivity index (χ1v) is 9.38. The van der Waals surface area contributed by atoms with E-state index in [2.05, 4.69) is 0 Å². The number of rotatable bonds is 3. The van der Waals surface area contributed by atoms with E-state index in [4.69, 9.17) is 15.3 Å². The lowest BCUT2D eigenvalue weighted by Gasteiger charge is -2.36. The monoisotopic (exact) mass is 390 g/mol. The van der Waals surface area contributed by atoms with Crippen molar-refractivity contribution in [3.05, 3.63) is 33.9 Å². The minimum absolute atomic E-state index is 0.0991. The maximum absolute atomic E-state index is 15.1. The second kappa shape index (κ2) is 7.06. The molecule has 1 saturated heterocycles. The van der Waals surface area contributed by atoms with Crippen molar-refractivity contribution in [1.29, 1.82) is 0 Å². The Morgan fingerprint density at radius 3 is 2.75 bits per heavy atom. The minimum atomic E-state index is -0.707. The van der Waals surface area contributed by atoms with Gasteiger partial charge in [0.15, 0.2) is 11.6 Å². The van der Waals surface area contributed by atoms with Crippen LogP contribution in [0, 0.1) is 5.82 Å². The molecule has 2 N–H and O–H groups in total. The van der Waals surface area contributed by atoms with Gasteiger partial charge in [0.25, 0.3) is 0 Å². The zero-order chi connectivity index (χ0) is 20.0. The van der Waals surface area contributed by atoms with Crippen LogP contribution < -0.4 is 20.9 Å². The molecule has 2 aliphatic heterocycles. The van der Waals surface area contributed by atoms with Gasteiger partial charge < -0.3 is 18.9 Å². The van der Waals surface area contributed by atoms with Crippen LogP contribution in [0.15, 0.2) is 17.1 Å². The number of nitrogens with zero attached hydrogens (tertiary/aromatic N) is 3. The number of esters is 1. The fourth-order valence-corrected chi connectivity index (χ4v) is 3.81. The Hall–Kier alpha value is -2.65. The van der Waals surface area contributed by atoms with E-state index in [0.29, 0.717) is 49.7 Å². The largest absolute Gasteiger partial charge is 0.487 e. The zero-order valence-corrected chi connectivity index (χ0v) is 15.9. The van der Waals surface area contributed by atoms with Crippen molar-refractivity contribution in [1.82, 2.24) is 9.58 Å². The first-order valence-electron chi connectivity index (χ1n) is 9.38. The molecular formula is C19H23FN4O4. The standard InChI is InChI=1S/C19H23FN4O4/c1-3-27-19(26)13-9-24-11(2)10-28-18-15(24)12(17(13)25)8-14(20)16(18)22-4-6-23(21)7-5-22/h8-9,11H,3-7,10,21H2,1-2H3/t11-/m0/s1. The molecule has 9 heteroatoms. The number of hydrogen-bond donors (Lipinski definition) is 1. The van der Waals surface area contributed by atoms with Crippen LogP contribution in [0.4, 0.5) is 10.1 Å². The molecule has 8 nitrogen and oxygen atoms in total. The lowest BCUT2D eigenvalue weighted by molar-refractivity contribution is 0.0523. The lowest BCUT2D eigenvalue weighted by Crippen LogP contribution is -2.49. The number of anilines is 1. The number of hydrogen-bond acceptors (Lipinski definition) is 7. The average Bonchev–Trinajstić information content (AvgIpc) is 2.67. The molecule has 3 heterocycles. The summed E-state index contributed by atoms with van der Waals surface area (Å²) in [5, 5.41) is 1.80. The summed E-state index contributed by atoms with van der Waals surface area (Å²) in [6.45, 7) is 6.34. The maximum atomic E-state index is 15.1. The van der Waals surface area contributed by atoms with Gasteiger partial charge in [-0.1, -0.05) is 0 Å². The number of piperazine rings is 1. The second-order valence-corrected chi connectivity index (χ2v) is 7.11. The van der Waals surface area contributed by atoms with Crippen LogP contribution in [0.5, 0.6) is 5.75 Å². The Morgan fingerprint density at radius 1 is 1.36 bits per heavy atom. The van der Waals surface area contributed by atoms with Crippen LogP contribution in [-0.4, -0.2) is 54.9 Å². The molecule has 1 fully saturated rings. The molecule has 1 aromatic heterocycles. The molecule has 0 bridgehead atoms. The Kier molecular flexibility index (Phi) is 4.72. The lowest BCUT2D eigenvalue weighted by atomic mass is 10.1. The predicted octanol–water partition coefficient (Wildman–Crippen LogP) is 1.27. The van der Waals surface area contributed by atoms with Crippen molar-refractivity contribution in [3.8, 4) is 5.75 Å². The Bertz CT molecular complexity index is 998. The highest BCUT2D eigenvalue weighted by Crippen LogP contribution is 2.42. The number of ether oxygens (including phenoxy) is 2. The summed E-state index contributed by atoms with van der Waals surface area (Å²) < 4.78 is 27.8. The first kappa shape index (κ1) is 18.7. The number of carbonyl (C=O) groups excluding carboxylic acids is 1. The van der Waals surface area contributed by atoms with Crippen molar-refractivity contribution in [2.24, 2.45) is 5.84 Å². The molecule has 0 amide bonds. The van der Waals surface area contributed by atoms with Gasteiger partial charge in [0.1, 0.15) is 17.9 Å². The maximum Gasteiger partial charge on any atom is 0.343 e. The summed E-state index contributed by atoms with van der Waals surface area (Å²) in [5.41, 5.74) is 0.187. The molecule has 2 aromatic rings. The van der Waals surface area contributed by atoms with E-state index in [9.17, 15) is 9.59 Å². The predicted molar refractivity (Wildman–Crippen MR) is 102 cm³/mol. The summed E-state index contributed by atoms with van der Waals surface area (Å²) in [6, 6.07) is 1.08. The Labute approximate surface area is 161 Å². The van der Waals surface area contributed by atoms with E-state index in [1.54, 1.807) is 11.9 Å². The van der Waals surface area contributed by atoms with Crippen LogP contribution in [0.3, 0.4) is 0 Å². The minimum Gasteiger partial charge on any atom is -0.487 e. The second-order valence-electron chi connectivity index (χ2n) is 7.11. The highest BCUT2D eigenvalue weighted by molar-refractivity contribution is 5.98. The molecule has 4 rings (SSSR count). The van der Waals surface area contributed by atoms with E-state index < -0.39 is 17.2 Å². The van der Waals surface area contributed by atoms with E-state index in [0.717, 1.165) is 0 Å².